The van der Waals surface area contributed by atoms with E-state index in [1.54, 1.807) is 23.7 Å². The first kappa shape index (κ1) is 11.8. The van der Waals surface area contributed by atoms with Crippen LogP contribution >= 0.6 is 27.3 Å². The summed E-state index contributed by atoms with van der Waals surface area (Å²) in [6.07, 6.45) is 4.03. The topological polar surface area (TPSA) is 33.1 Å². The summed E-state index contributed by atoms with van der Waals surface area (Å²) >= 11 is 5.07. The zero-order chi connectivity index (χ0) is 11.6. The quantitative estimate of drug-likeness (QED) is 0.942. The Morgan fingerprint density at radius 1 is 1.44 bits per heavy atom. The SMILES string of the molecule is CC(O)(Cc1ccc(Br)s1)c1cccnc1. The van der Waals surface area contributed by atoms with Crippen molar-refractivity contribution in [1.82, 2.24) is 4.98 Å². The number of hydrogen-bond acceptors (Lipinski definition) is 3. The largest absolute Gasteiger partial charge is 0.385 e. The number of aromatic nitrogens is 1. The van der Waals surface area contributed by atoms with E-state index in [0.29, 0.717) is 6.42 Å². The van der Waals surface area contributed by atoms with E-state index in [9.17, 15) is 5.11 Å². The fraction of sp³-hybridized carbons (Fsp3) is 0.250. The molecule has 2 aromatic heterocycles. The Hall–Kier alpha value is -0.710. The Labute approximate surface area is 107 Å². The Kier molecular flexibility index (Phi) is 3.42. The van der Waals surface area contributed by atoms with Crippen LogP contribution in [0.2, 0.25) is 0 Å². The minimum Gasteiger partial charge on any atom is -0.385 e. The van der Waals surface area contributed by atoms with Crippen molar-refractivity contribution in [2.75, 3.05) is 0 Å². The second-order valence-corrected chi connectivity index (χ2v) is 6.45. The van der Waals surface area contributed by atoms with Crippen molar-refractivity contribution in [3.63, 3.8) is 0 Å². The van der Waals surface area contributed by atoms with Gasteiger partial charge in [-0.3, -0.25) is 4.98 Å². The van der Waals surface area contributed by atoms with Crippen LogP contribution in [0.15, 0.2) is 40.4 Å². The minimum atomic E-state index is -0.863. The predicted octanol–water partition coefficient (Wildman–Crippen LogP) is 3.36. The van der Waals surface area contributed by atoms with Gasteiger partial charge in [0.2, 0.25) is 0 Å². The van der Waals surface area contributed by atoms with Gasteiger partial charge < -0.3 is 5.11 Å². The molecule has 2 heterocycles. The number of aliphatic hydroxyl groups is 1. The van der Waals surface area contributed by atoms with Crippen molar-refractivity contribution in [3.8, 4) is 0 Å². The summed E-state index contributed by atoms with van der Waals surface area (Å²) in [5.74, 6) is 0. The summed E-state index contributed by atoms with van der Waals surface area (Å²) in [6.45, 7) is 1.82. The van der Waals surface area contributed by atoms with Crippen LogP contribution < -0.4 is 0 Å². The number of thiophene rings is 1. The second kappa shape index (κ2) is 4.65. The van der Waals surface area contributed by atoms with E-state index < -0.39 is 5.60 Å². The summed E-state index contributed by atoms with van der Waals surface area (Å²) < 4.78 is 1.09. The molecule has 16 heavy (non-hydrogen) atoms. The van der Waals surface area contributed by atoms with E-state index in [1.807, 2.05) is 31.2 Å². The van der Waals surface area contributed by atoms with Crippen molar-refractivity contribution in [2.45, 2.75) is 18.9 Å². The van der Waals surface area contributed by atoms with Crippen molar-refractivity contribution < 1.29 is 5.11 Å². The zero-order valence-electron chi connectivity index (χ0n) is 8.85. The molecule has 0 radical (unpaired) electrons. The number of halogens is 1. The molecule has 0 aliphatic rings. The third-order valence-electron chi connectivity index (χ3n) is 2.43. The Morgan fingerprint density at radius 3 is 2.81 bits per heavy atom. The molecule has 0 saturated carbocycles. The number of hydrogen-bond donors (Lipinski definition) is 1. The third kappa shape index (κ3) is 2.70. The zero-order valence-corrected chi connectivity index (χ0v) is 11.3. The molecule has 2 nitrogen and oxygen atoms in total. The standard InChI is InChI=1S/C12H12BrNOS/c1-12(15,9-3-2-6-14-8-9)7-10-4-5-11(13)16-10/h2-6,8,15H,7H2,1H3. The van der Waals surface area contributed by atoms with Crippen LogP contribution in [-0.4, -0.2) is 10.1 Å². The van der Waals surface area contributed by atoms with E-state index in [0.717, 1.165) is 14.2 Å². The predicted molar refractivity (Wildman–Crippen MR) is 69.5 cm³/mol. The smallest absolute Gasteiger partial charge is 0.0931 e. The first-order valence-corrected chi connectivity index (χ1v) is 6.56. The van der Waals surface area contributed by atoms with Crippen LogP contribution in [0.5, 0.6) is 0 Å². The van der Waals surface area contributed by atoms with Gasteiger partial charge in [-0.05, 0) is 41.1 Å². The van der Waals surface area contributed by atoms with Gasteiger partial charge in [0, 0.05) is 29.3 Å². The van der Waals surface area contributed by atoms with Crippen LogP contribution in [0.25, 0.3) is 0 Å². The van der Waals surface area contributed by atoms with Gasteiger partial charge >= 0.3 is 0 Å². The van der Waals surface area contributed by atoms with E-state index >= 15 is 0 Å². The molecular formula is C12H12BrNOS. The van der Waals surface area contributed by atoms with Gasteiger partial charge in [0.05, 0.1) is 9.39 Å². The van der Waals surface area contributed by atoms with Crippen LogP contribution in [0.4, 0.5) is 0 Å². The lowest BCUT2D eigenvalue weighted by Crippen LogP contribution is -2.23. The maximum absolute atomic E-state index is 10.4. The van der Waals surface area contributed by atoms with Crippen molar-refractivity contribution in [3.05, 3.63) is 50.9 Å². The monoisotopic (exact) mass is 297 g/mol. The van der Waals surface area contributed by atoms with Gasteiger partial charge in [0.1, 0.15) is 0 Å². The summed E-state index contributed by atoms with van der Waals surface area (Å²) in [5, 5.41) is 10.4. The van der Waals surface area contributed by atoms with Crippen molar-refractivity contribution >= 4 is 27.3 Å². The van der Waals surface area contributed by atoms with Crippen LogP contribution in [0.3, 0.4) is 0 Å². The van der Waals surface area contributed by atoms with E-state index in [1.165, 1.54) is 0 Å². The Balaban J connectivity index is 2.20. The summed E-state index contributed by atoms with van der Waals surface area (Å²) in [6, 6.07) is 7.77. The van der Waals surface area contributed by atoms with E-state index in [-0.39, 0.29) is 0 Å². The van der Waals surface area contributed by atoms with Crippen LogP contribution in [-0.2, 0) is 12.0 Å². The lowest BCUT2D eigenvalue weighted by molar-refractivity contribution is 0.0581. The molecule has 0 spiro atoms. The molecule has 2 rings (SSSR count). The average molecular weight is 298 g/mol. The first-order valence-electron chi connectivity index (χ1n) is 4.95. The Morgan fingerprint density at radius 2 is 2.25 bits per heavy atom. The molecule has 0 fully saturated rings. The molecule has 1 N–H and O–H groups in total. The van der Waals surface area contributed by atoms with Crippen molar-refractivity contribution in [1.29, 1.82) is 0 Å². The first-order chi connectivity index (χ1) is 7.58. The number of pyridine rings is 1. The molecule has 0 bridgehead atoms. The second-order valence-electron chi connectivity index (χ2n) is 3.90. The molecule has 0 aromatic carbocycles. The lowest BCUT2D eigenvalue weighted by Gasteiger charge is -2.22. The third-order valence-corrected chi connectivity index (χ3v) is 4.05. The number of nitrogens with zero attached hydrogens (tertiary/aromatic N) is 1. The van der Waals surface area contributed by atoms with Crippen LogP contribution in [0, 0.1) is 0 Å². The van der Waals surface area contributed by atoms with Gasteiger partial charge in [-0.2, -0.15) is 0 Å². The molecular weight excluding hydrogens is 286 g/mol. The highest BCUT2D eigenvalue weighted by molar-refractivity contribution is 9.11. The van der Waals surface area contributed by atoms with Gasteiger partial charge in [0.25, 0.3) is 0 Å². The van der Waals surface area contributed by atoms with E-state index in [2.05, 4.69) is 20.9 Å². The highest BCUT2D eigenvalue weighted by Gasteiger charge is 2.24. The minimum absolute atomic E-state index is 0.606. The number of rotatable bonds is 3. The highest BCUT2D eigenvalue weighted by atomic mass is 79.9. The molecule has 2 aromatic rings. The fourth-order valence-corrected chi connectivity index (χ4v) is 3.20. The maximum atomic E-state index is 10.4. The van der Waals surface area contributed by atoms with Crippen molar-refractivity contribution in [2.24, 2.45) is 0 Å². The lowest BCUT2D eigenvalue weighted by atomic mass is 9.93. The molecule has 0 saturated heterocycles. The highest BCUT2D eigenvalue weighted by Crippen LogP contribution is 2.30. The molecule has 1 atom stereocenters. The van der Waals surface area contributed by atoms with Gasteiger partial charge in [-0.15, -0.1) is 11.3 Å². The van der Waals surface area contributed by atoms with E-state index in [4.69, 9.17) is 0 Å². The molecule has 4 heteroatoms. The van der Waals surface area contributed by atoms with Crippen LogP contribution in [0.1, 0.15) is 17.4 Å². The fourth-order valence-electron chi connectivity index (χ4n) is 1.57. The molecule has 84 valence electrons. The summed E-state index contributed by atoms with van der Waals surface area (Å²) in [7, 11) is 0. The molecule has 0 aliphatic heterocycles. The maximum Gasteiger partial charge on any atom is 0.0931 e. The molecule has 1 unspecified atom stereocenters. The summed E-state index contributed by atoms with van der Waals surface area (Å²) in [4.78, 5) is 5.19. The van der Waals surface area contributed by atoms with Gasteiger partial charge in [-0.25, -0.2) is 0 Å². The Bertz CT molecular complexity index is 467. The molecule has 0 aliphatic carbocycles. The molecule has 0 amide bonds. The van der Waals surface area contributed by atoms with Gasteiger partial charge in [-0.1, -0.05) is 6.07 Å². The average Bonchev–Trinajstić information content (AvgIpc) is 2.64. The normalized spacial score (nSPS) is 14.7. The van der Waals surface area contributed by atoms with Gasteiger partial charge in [0.15, 0.2) is 0 Å². The summed E-state index contributed by atoms with van der Waals surface area (Å²) in [5.41, 5.74) is -0.0158.